The predicted octanol–water partition coefficient (Wildman–Crippen LogP) is -4.45. The third kappa shape index (κ3) is 1030. The van der Waals surface area contributed by atoms with Gasteiger partial charge in [-0.15, -0.1) is 0 Å². The maximum atomic E-state index is 8.25. The molecule has 0 bridgehead atoms. The molecule has 0 unspecified atom stereocenters. The summed E-state index contributed by atoms with van der Waals surface area (Å²) in [4.78, 5) is 10.2. The van der Waals surface area contributed by atoms with E-state index in [4.69, 9.17) is 9.90 Å². The van der Waals surface area contributed by atoms with E-state index in [0.717, 1.165) is 0 Å². The SMILES string of the molecule is CN(C)C.O=C[O-].[Na+]. The molecule has 0 aliphatic rings. The number of rotatable bonds is 0. The first-order valence-corrected chi connectivity index (χ1v) is 1.81. The summed E-state index contributed by atoms with van der Waals surface area (Å²) in [6.45, 7) is -0.500. The zero-order valence-electron chi connectivity index (χ0n) is 5.84. The van der Waals surface area contributed by atoms with Gasteiger partial charge in [0, 0.05) is 6.47 Å². The van der Waals surface area contributed by atoms with Gasteiger partial charge in [0.1, 0.15) is 0 Å². The molecule has 0 amide bonds. The van der Waals surface area contributed by atoms with Crippen LogP contribution in [0.15, 0.2) is 0 Å². The first-order valence-electron chi connectivity index (χ1n) is 1.81. The number of hydrogen-bond acceptors (Lipinski definition) is 3. The number of carbonyl (C=O) groups is 1. The minimum absolute atomic E-state index is 0. The van der Waals surface area contributed by atoms with Crippen molar-refractivity contribution < 1.29 is 39.5 Å². The van der Waals surface area contributed by atoms with Crippen LogP contribution in [0.4, 0.5) is 0 Å². The normalized spacial score (nSPS) is 6.00. The summed E-state index contributed by atoms with van der Waals surface area (Å²) < 4.78 is 0. The summed E-state index contributed by atoms with van der Waals surface area (Å²) >= 11 is 0. The molecule has 0 aliphatic carbocycles. The minimum atomic E-state index is -0.500. The summed E-state index contributed by atoms with van der Waals surface area (Å²) in [6.07, 6.45) is 0. The van der Waals surface area contributed by atoms with Gasteiger partial charge in [0.25, 0.3) is 0 Å². The van der Waals surface area contributed by atoms with E-state index in [-0.39, 0.29) is 29.6 Å². The van der Waals surface area contributed by atoms with Crippen LogP contribution in [-0.4, -0.2) is 32.5 Å². The van der Waals surface area contributed by atoms with E-state index in [2.05, 4.69) is 0 Å². The fourth-order valence-electron chi connectivity index (χ4n) is 0. The Hall–Kier alpha value is 0.430. The van der Waals surface area contributed by atoms with Crippen molar-refractivity contribution in [3.05, 3.63) is 0 Å². The van der Waals surface area contributed by atoms with Crippen LogP contribution in [0.3, 0.4) is 0 Å². The first-order chi connectivity index (χ1) is 3.15. The summed E-state index contributed by atoms with van der Waals surface area (Å²) in [5.74, 6) is 0. The van der Waals surface area contributed by atoms with Crippen molar-refractivity contribution in [2.24, 2.45) is 0 Å². The second-order valence-electron chi connectivity index (χ2n) is 1.44. The molecule has 0 aromatic heterocycles. The number of carboxylic acid groups (broad SMARTS) is 1. The molecule has 0 heterocycles. The second kappa shape index (κ2) is 15.7. The van der Waals surface area contributed by atoms with Crippen molar-refractivity contribution in [1.29, 1.82) is 0 Å². The average Bonchev–Trinajstić information content (AvgIpc) is 1.33. The van der Waals surface area contributed by atoms with Crippen molar-refractivity contribution in [1.82, 2.24) is 4.90 Å². The maximum Gasteiger partial charge on any atom is 1.00 e. The molecule has 0 atom stereocenters. The predicted molar refractivity (Wildman–Crippen MR) is 25.7 cm³/mol. The Morgan fingerprint density at radius 3 is 1.38 bits per heavy atom. The van der Waals surface area contributed by atoms with Gasteiger partial charge in [-0.3, -0.25) is 0 Å². The summed E-state index contributed by atoms with van der Waals surface area (Å²) in [6, 6.07) is 0. The van der Waals surface area contributed by atoms with Gasteiger partial charge in [-0.2, -0.15) is 0 Å². The van der Waals surface area contributed by atoms with Gasteiger partial charge in [-0.25, -0.2) is 0 Å². The molecule has 0 rings (SSSR count). The van der Waals surface area contributed by atoms with Gasteiger partial charge in [0.2, 0.25) is 0 Å². The van der Waals surface area contributed by atoms with E-state index < -0.39 is 6.47 Å². The van der Waals surface area contributed by atoms with E-state index in [9.17, 15) is 0 Å². The Morgan fingerprint density at radius 1 is 1.38 bits per heavy atom. The fourth-order valence-corrected chi connectivity index (χ4v) is 0. The van der Waals surface area contributed by atoms with Crippen molar-refractivity contribution in [3.8, 4) is 0 Å². The standard InChI is InChI=1S/C3H9N.CH2O2.Na/c1-4(2)3;2-1-3;/h1-3H3;1H,(H,2,3);/q;;+1/p-1. The van der Waals surface area contributed by atoms with Crippen molar-refractivity contribution >= 4 is 6.47 Å². The van der Waals surface area contributed by atoms with Gasteiger partial charge in [0.05, 0.1) is 0 Å². The largest absolute Gasteiger partial charge is 1.00 e. The Morgan fingerprint density at radius 2 is 1.38 bits per heavy atom. The monoisotopic (exact) mass is 127 g/mol. The van der Waals surface area contributed by atoms with Gasteiger partial charge in [-0.05, 0) is 21.1 Å². The Kier molecular flexibility index (Phi) is 30.9. The summed E-state index contributed by atoms with van der Waals surface area (Å²) in [5.41, 5.74) is 0. The van der Waals surface area contributed by atoms with Crippen LogP contribution in [0, 0.1) is 0 Å². The molecular weight excluding hydrogens is 117 g/mol. The molecule has 0 aliphatic heterocycles. The van der Waals surface area contributed by atoms with Crippen LogP contribution in [0.1, 0.15) is 0 Å². The van der Waals surface area contributed by atoms with Crippen LogP contribution in [0.2, 0.25) is 0 Å². The van der Waals surface area contributed by atoms with Crippen LogP contribution in [0.25, 0.3) is 0 Å². The maximum absolute atomic E-state index is 8.25. The van der Waals surface area contributed by atoms with Crippen LogP contribution < -0.4 is 34.7 Å². The molecule has 44 valence electrons. The average molecular weight is 127 g/mol. The smallest absolute Gasteiger partial charge is 0.554 e. The van der Waals surface area contributed by atoms with E-state index in [1.807, 2.05) is 26.0 Å². The minimum Gasteiger partial charge on any atom is -0.554 e. The number of nitrogens with zero attached hydrogens (tertiary/aromatic N) is 1. The first kappa shape index (κ1) is 15.8. The number of hydrogen-bond donors (Lipinski definition) is 0. The molecule has 0 aromatic rings. The molecule has 0 fully saturated rings. The molecule has 0 radical (unpaired) electrons. The molecule has 0 N–H and O–H groups in total. The van der Waals surface area contributed by atoms with Crippen molar-refractivity contribution in [3.63, 3.8) is 0 Å². The molecule has 8 heavy (non-hydrogen) atoms. The zero-order chi connectivity index (χ0) is 6.28. The topological polar surface area (TPSA) is 43.4 Å². The van der Waals surface area contributed by atoms with Crippen LogP contribution in [-0.2, 0) is 4.79 Å². The van der Waals surface area contributed by atoms with Gasteiger partial charge in [0.15, 0.2) is 0 Å². The van der Waals surface area contributed by atoms with E-state index >= 15 is 0 Å². The fraction of sp³-hybridized carbons (Fsp3) is 0.750. The quantitative estimate of drug-likeness (QED) is 0.243. The summed E-state index contributed by atoms with van der Waals surface area (Å²) in [7, 11) is 6.00. The zero-order valence-corrected chi connectivity index (χ0v) is 7.84. The van der Waals surface area contributed by atoms with E-state index in [0.29, 0.717) is 0 Å². The van der Waals surface area contributed by atoms with Crippen molar-refractivity contribution in [2.45, 2.75) is 0 Å². The molecule has 0 aromatic carbocycles. The third-order valence-corrected chi connectivity index (χ3v) is 0. The Labute approximate surface area is 72.0 Å². The third-order valence-electron chi connectivity index (χ3n) is 0. The molecule has 3 nitrogen and oxygen atoms in total. The van der Waals surface area contributed by atoms with E-state index in [1.54, 1.807) is 0 Å². The molecule has 0 spiro atoms. The molecule has 0 saturated heterocycles. The summed E-state index contributed by atoms with van der Waals surface area (Å²) in [5, 5.41) is 8.25. The Bertz CT molecular complexity index is 38.3. The van der Waals surface area contributed by atoms with Crippen LogP contribution >= 0.6 is 0 Å². The molecule has 0 saturated carbocycles. The Balaban J connectivity index is -0.0000000575. The molecule has 4 heteroatoms. The van der Waals surface area contributed by atoms with Gasteiger partial charge >= 0.3 is 29.6 Å². The van der Waals surface area contributed by atoms with Gasteiger partial charge in [-0.1, -0.05) is 0 Å². The second-order valence-corrected chi connectivity index (χ2v) is 1.44. The van der Waals surface area contributed by atoms with Crippen molar-refractivity contribution in [2.75, 3.05) is 21.1 Å². The van der Waals surface area contributed by atoms with Crippen LogP contribution in [0.5, 0.6) is 0 Å². The van der Waals surface area contributed by atoms with Gasteiger partial charge < -0.3 is 14.8 Å². The molecular formula is C4H10NNaO2. The van der Waals surface area contributed by atoms with E-state index in [1.165, 1.54) is 0 Å². The number of carbonyl (C=O) groups excluding carboxylic acids is 1.